The lowest BCUT2D eigenvalue weighted by atomic mass is 10.0. The molecule has 0 radical (unpaired) electrons. The van der Waals surface area contributed by atoms with Crippen molar-refractivity contribution in [2.75, 3.05) is 0 Å². The summed E-state index contributed by atoms with van der Waals surface area (Å²) < 4.78 is 12.8. The highest BCUT2D eigenvalue weighted by atomic mass is 35.5. The summed E-state index contributed by atoms with van der Waals surface area (Å²) in [6.07, 6.45) is -0.751. The van der Waals surface area contributed by atoms with Crippen molar-refractivity contribution < 1.29 is 9.50 Å². The molecule has 0 saturated carbocycles. The molecule has 0 unspecified atom stereocenters. The van der Waals surface area contributed by atoms with Gasteiger partial charge in [-0.2, -0.15) is 0 Å². The average molecular weight is 204 g/mol. The Morgan fingerprint density at radius 1 is 1.54 bits per heavy atom. The summed E-state index contributed by atoms with van der Waals surface area (Å²) in [6, 6.07) is 3.26. The molecule has 0 aliphatic rings. The predicted octanol–water partition coefficient (Wildman–Crippen LogP) is 1.86. The zero-order valence-electron chi connectivity index (χ0n) is 7.17. The van der Waals surface area contributed by atoms with Gasteiger partial charge in [-0.15, -0.1) is 0 Å². The second-order valence-corrected chi connectivity index (χ2v) is 3.34. The van der Waals surface area contributed by atoms with E-state index in [0.717, 1.165) is 0 Å². The molecule has 1 aromatic carbocycles. The van der Waals surface area contributed by atoms with Gasteiger partial charge in [0.1, 0.15) is 5.82 Å². The summed E-state index contributed by atoms with van der Waals surface area (Å²) in [5.74, 6) is -0.407. The van der Waals surface area contributed by atoms with E-state index in [1.54, 1.807) is 0 Å². The Morgan fingerprint density at radius 3 is 2.69 bits per heavy atom. The molecule has 72 valence electrons. The first-order valence-corrected chi connectivity index (χ1v) is 4.28. The number of rotatable bonds is 2. The van der Waals surface area contributed by atoms with E-state index in [2.05, 4.69) is 0 Å². The van der Waals surface area contributed by atoms with Gasteiger partial charge < -0.3 is 10.8 Å². The monoisotopic (exact) mass is 203 g/mol. The van der Waals surface area contributed by atoms with Crippen LogP contribution in [0.4, 0.5) is 4.39 Å². The summed E-state index contributed by atoms with van der Waals surface area (Å²) in [7, 11) is 0. The minimum absolute atomic E-state index is 0.370. The molecule has 0 amide bonds. The molecule has 2 atom stereocenters. The summed E-state index contributed by atoms with van der Waals surface area (Å²) in [5.41, 5.74) is 6.03. The van der Waals surface area contributed by atoms with Gasteiger partial charge in [0.05, 0.1) is 12.1 Å². The lowest BCUT2D eigenvalue weighted by molar-refractivity contribution is 0.164. The highest BCUT2D eigenvalue weighted by Crippen LogP contribution is 2.24. The van der Waals surface area contributed by atoms with E-state index in [1.165, 1.54) is 25.1 Å². The van der Waals surface area contributed by atoms with Gasteiger partial charge in [0, 0.05) is 5.02 Å². The molecule has 0 heterocycles. The van der Waals surface area contributed by atoms with Gasteiger partial charge in [-0.3, -0.25) is 0 Å². The van der Waals surface area contributed by atoms with Crippen LogP contribution in [0.2, 0.25) is 5.02 Å². The van der Waals surface area contributed by atoms with Crippen LogP contribution in [0.15, 0.2) is 18.2 Å². The Morgan fingerprint density at radius 2 is 2.15 bits per heavy atom. The van der Waals surface area contributed by atoms with Gasteiger partial charge >= 0.3 is 0 Å². The minimum Gasteiger partial charge on any atom is -0.391 e. The smallest absolute Gasteiger partial charge is 0.123 e. The Bertz CT molecular complexity index is 304. The first-order chi connectivity index (χ1) is 6.02. The van der Waals surface area contributed by atoms with Crippen LogP contribution in [-0.2, 0) is 0 Å². The standard InChI is InChI=1S/C9H11ClFNO/c1-5(13)9(12)7-4-6(11)2-3-8(7)10/h2-5,9,13H,12H2,1H3/t5-,9-/m1/s1. The van der Waals surface area contributed by atoms with Crippen molar-refractivity contribution in [1.82, 2.24) is 0 Å². The maximum atomic E-state index is 12.8. The Labute approximate surface area is 81.1 Å². The molecule has 13 heavy (non-hydrogen) atoms. The van der Waals surface area contributed by atoms with Gasteiger partial charge in [-0.05, 0) is 30.7 Å². The first-order valence-electron chi connectivity index (χ1n) is 3.91. The number of nitrogens with two attached hydrogens (primary N) is 1. The molecule has 1 rings (SSSR count). The van der Waals surface area contributed by atoms with Crippen molar-refractivity contribution in [3.8, 4) is 0 Å². The molecule has 0 spiro atoms. The van der Waals surface area contributed by atoms with Gasteiger partial charge in [0.15, 0.2) is 0 Å². The van der Waals surface area contributed by atoms with Crippen LogP contribution < -0.4 is 5.73 Å². The fraction of sp³-hybridized carbons (Fsp3) is 0.333. The Hall–Kier alpha value is -0.640. The second kappa shape index (κ2) is 4.05. The number of benzene rings is 1. The van der Waals surface area contributed by atoms with Crippen molar-refractivity contribution in [3.63, 3.8) is 0 Å². The zero-order chi connectivity index (χ0) is 10.0. The van der Waals surface area contributed by atoms with Crippen LogP contribution in [0.25, 0.3) is 0 Å². The molecular weight excluding hydrogens is 193 g/mol. The van der Waals surface area contributed by atoms with Crippen LogP contribution in [0, 0.1) is 5.82 Å². The third kappa shape index (κ3) is 2.40. The number of hydrogen-bond acceptors (Lipinski definition) is 2. The highest BCUT2D eigenvalue weighted by molar-refractivity contribution is 6.31. The fourth-order valence-corrected chi connectivity index (χ4v) is 1.27. The van der Waals surface area contributed by atoms with Crippen LogP contribution in [-0.4, -0.2) is 11.2 Å². The molecule has 0 aromatic heterocycles. The third-order valence-electron chi connectivity index (χ3n) is 1.84. The van der Waals surface area contributed by atoms with E-state index < -0.39 is 18.0 Å². The van der Waals surface area contributed by atoms with Crippen molar-refractivity contribution >= 4 is 11.6 Å². The van der Waals surface area contributed by atoms with Crippen molar-refractivity contribution in [2.45, 2.75) is 19.1 Å². The molecule has 1 aromatic rings. The van der Waals surface area contributed by atoms with Gasteiger partial charge in [-0.1, -0.05) is 11.6 Å². The normalized spacial score (nSPS) is 15.5. The molecule has 0 bridgehead atoms. The van der Waals surface area contributed by atoms with E-state index >= 15 is 0 Å². The average Bonchev–Trinajstić information content (AvgIpc) is 2.08. The molecular formula is C9H11ClFNO. The molecule has 0 aliphatic heterocycles. The predicted molar refractivity (Wildman–Crippen MR) is 50.0 cm³/mol. The molecule has 0 fully saturated rings. The molecule has 3 N–H and O–H groups in total. The largest absolute Gasteiger partial charge is 0.391 e. The molecule has 4 heteroatoms. The van der Waals surface area contributed by atoms with Crippen molar-refractivity contribution in [3.05, 3.63) is 34.6 Å². The third-order valence-corrected chi connectivity index (χ3v) is 2.18. The molecule has 0 aliphatic carbocycles. The van der Waals surface area contributed by atoms with E-state index in [1.807, 2.05) is 0 Å². The molecule has 2 nitrogen and oxygen atoms in total. The SMILES string of the molecule is C[C@@H](O)[C@@H](N)c1cc(F)ccc1Cl. The zero-order valence-corrected chi connectivity index (χ0v) is 7.92. The van der Waals surface area contributed by atoms with Crippen LogP contribution in [0.5, 0.6) is 0 Å². The fourth-order valence-electron chi connectivity index (χ4n) is 1.03. The maximum absolute atomic E-state index is 12.8. The maximum Gasteiger partial charge on any atom is 0.123 e. The summed E-state index contributed by atoms with van der Waals surface area (Å²) in [5, 5.41) is 9.55. The van der Waals surface area contributed by atoms with Crippen molar-refractivity contribution in [1.29, 1.82) is 0 Å². The summed E-state index contributed by atoms with van der Waals surface area (Å²) in [4.78, 5) is 0. The first kappa shape index (κ1) is 10.4. The van der Waals surface area contributed by atoms with Crippen LogP contribution >= 0.6 is 11.6 Å². The number of aliphatic hydroxyl groups is 1. The topological polar surface area (TPSA) is 46.2 Å². The minimum atomic E-state index is -0.751. The highest BCUT2D eigenvalue weighted by Gasteiger charge is 2.15. The van der Waals surface area contributed by atoms with Crippen LogP contribution in [0.3, 0.4) is 0 Å². The lowest BCUT2D eigenvalue weighted by Crippen LogP contribution is -2.23. The van der Waals surface area contributed by atoms with E-state index in [4.69, 9.17) is 17.3 Å². The van der Waals surface area contributed by atoms with E-state index in [-0.39, 0.29) is 0 Å². The van der Waals surface area contributed by atoms with Gasteiger partial charge in [0.2, 0.25) is 0 Å². The van der Waals surface area contributed by atoms with E-state index in [9.17, 15) is 9.50 Å². The summed E-state index contributed by atoms with van der Waals surface area (Å²) >= 11 is 5.78. The Balaban J connectivity index is 3.05. The number of hydrogen-bond donors (Lipinski definition) is 2. The van der Waals surface area contributed by atoms with Crippen molar-refractivity contribution in [2.24, 2.45) is 5.73 Å². The lowest BCUT2D eigenvalue weighted by Gasteiger charge is -2.16. The van der Waals surface area contributed by atoms with E-state index in [0.29, 0.717) is 10.6 Å². The van der Waals surface area contributed by atoms with Crippen LogP contribution in [0.1, 0.15) is 18.5 Å². The molecule has 0 saturated heterocycles. The van der Waals surface area contributed by atoms with Gasteiger partial charge in [0.25, 0.3) is 0 Å². The Kier molecular flexibility index (Phi) is 3.25. The quantitative estimate of drug-likeness (QED) is 0.771. The van der Waals surface area contributed by atoms with Gasteiger partial charge in [-0.25, -0.2) is 4.39 Å². The number of halogens is 2. The summed E-state index contributed by atoms with van der Waals surface area (Å²) in [6.45, 7) is 1.53. The second-order valence-electron chi connectivity index (χ2n) is 2.93. The number of aliphatic hydroxyl groups excluding tert-OH is 1.